The van der Waals surface area contributed by atoms with Gasteiger partial charge in [-0.2, -0.15) is 0 Å². The molecule has 0 spiro atoms. The molecule has 0 N–H and O–H groups in total. The molecule has 31 heavy (non-hydrogen) atoms. The van der Waals surface area contributed by atoms with E-state index in [0.29, 0.717) is 25.3 Å². The molecule has 2 aliphatic heterocycles. The molecule has 1 atom stereocenters. The number of aryl methyl sites for hydroxylation is 2. The lowest BCUT2D eigenvalue weighted by Crippen LogP contribution is -2.49. The molecule has 7 heteroatoms. The number of rotatable bonds is 5. The number of aromatic nitrogens is 1. The van der Waals surface area contributed by atoms with Gasteiger partial charge in [0.2, 0.25) is 0 Å². The van der Waals surface area contributed by atoms with E-state index in [1.807, 2.05) is 42.3 Å². The van der Waals surface area contributed by atoms with E-state index < -0.39 is 0 Å². The lowest BCUT2D eigenvalue weighted by molar-refractivity contribution is 0.0746. The number of piperazine rings is 1. The van der Waals surface area contributed by atoms with Crippen LogP contribution in [0.4, 0.5) is 16.3 Å². The highest BCUT2D eigenvalue weighted by Gasteiger charge is 2.33. The molecule has 1 aromatic carbocycles. The second kappa shape index (κ2) is 8.96. The molecular formula is C24H30N4O3. The highest BCUT2D eigenvalue weighted by Crippen LogP contribution is 2.26. The van der Waals surface area contributed by atoms with E-state index in [9.17, 15) is 9.59 Å². The van der Waals surface area contributed by atoms with E-state index in [1.54, 1.807) is 4.90 Å². The molecule has 7 nitrogen and oxygen atoms in total. The van der Waals surface area contributed by atoms with E-state index in [0.717, 1.165) is 48.6 Å². The van der Waals surface area contributed by atoms with Gasteiger partial charge in [-0.15, -0.1) is 0 Å². The normalized spacial score (nSPS) is 19.0. The van der Waals surface area contributed by atoms with Crippen molar-refractivity contribution in [2.45, 2.75) is 39.7 Å². The minimum absolute atomic E-state index is 0.0221. The monoisotopic (exact) mass is 422 g/mol. The van der Waals surface area contributed by atoms with Crippen LogP contribution in [0.15, 0.2) is 36.5 Å². The lowest BCUT2D eigenvalue weighted by atomic mass is 10.1. The lowest BCUT2D eigenvalue weighted by Gasteiger charge is -2.36. The van der Waals surface area contributed by atoms with Crippen molar-refractivity contribution >= 4 is 23.5 Å². The number of pyridine rings is 1. The molecule has 0 radical (unpaired) electrons. The number of carbonyl (C=O) groups is 2. The molecule has 2 aromatic rings. The summed E-state index contributed by atoms with van der Waals surface area (Å²) >= 11 is 0. The van der Waals surface area contributed by atoms with Crippen LogP contribution >= 0.6 is 0 Å². The van der Waals surface area contributed by atoms with Gasteiger partial charge in [-0.25, -0.2) is 9.78 Å². The quantitative estimate of drug-likeness (QED) is 0.734. The topological polar surface area (TPSA) is 66.0 Å². The third-order valence-electron chi connectivity index (χ3n) is 6.03. The van der Waals surface area contributed by atoms with Crippen LogP contribution in [0.3, 0.4) is 0 Å². The predicted molar refractivity (Wildman–Crippen MR) is 121 cm³/mol. The van der Waals surface area contributed by atoms with Gasteiger partial charge in [0.25, 0.3) is 5.91 Å². The summed E-state index contributed by atoms with van der Waals surface area (Å²) in [5.41, 5.74) is 3.74. The summed E-state index contributed by atoms with van der Waals surface area (Å²) in [7, 11) is 0. The summed E-state index contributed by atoms with van der Waals surface area (Å²) in [5, 5.41) is 0. The first kappa shape index (κ1) is 21.2. The zero-order valence-electron chi connectivity index (χ0n) is 18.5. The fourth-order valence-electron chi connectivity index (χ4n) is 4.43. The maximum absolute atomic E-state index is 13.0. The zero-order chi connectivity index (χ0) is 22.0. The smallest absolute Gasteiger partial charge is 0.414 e. The van der Waals surface area contributed by atoms with Gasteiger partial charge < -0.3 is 14.5 Å². The summed E-state index contributed by atoms with van der Waals surface area (Å²) in [6.45, 7) is 9.49. The van der Waals surface area contributed by atoms with Crippen molar-refractivity contribution in [3.63, 3.8) is 0 Å². The Labute approximate surface area is 183 Å². The number of carbonyl (C=O) groups excluding carboxylic acids is 2. The maximum Gasteiger partial charge on any atom is 0.414 e. The molecule has 4 rings (SSSR count). The molecule has 2 amide bonds. The van der Waals surface area contributed by atoms with Gasteiger partial charge in [-0.3, -0.25) is 9.69 Å². The summed E-state index contributed by atoms with van der Waals surface area (Å²) in [6, 6.07) is 9.51. The number of ether oxygens (including phenoxy) is 1. The molecule has 2 aliphatic rings. The number of anilines is 2. The van der Waals surface area contributed by atoms with E-state index in [1.165, 1.54) is 0 Å². The van der Waals surface area contributed by atoms with E-state index in [2.05, 4.69) is 29.8 Å². The Hall–Kier alpha value is -3.09. The number of amides is 2. The summed E-state index contributed by atoms with van der Waals surface area (Å²) in [4.78, 5) is 35.6. The largest absolute Gasteiger partial charge is 0.447 e. The van der Waals surface area contributed by atoms with E-state index in [-0.39, 0.29) is 18.0 Å². The van der Waals surface area contributed by atoms with Gasteiger partial charge in [-0.05, 0) is 55.7 Å². The summed E-state index contributed by atoms with van der Waals surface area (Å²) in [6.07, 6.45) is 3.46. The Bertz CT molecular complexity index is 952. The molecule has 164 valence electrons. The first-order valence-electron chi connectivity index (χ1n) is 11.0. The van der Waals surface area contributed by atoms with Crippen molar-refractivity contribution in [2.75, 3.05) is 42.6 Å². The van der Waals surface area contributed by atoms with Crippen molar-refractivity contribution in [2.24, 2.45) is 0 Å². The molecule has 1 aromatic heterocycles. The maximum atomic E-state index is 13.0. The van der Waals surface area contributed by atoms with Crippen molar-refractivity contribution in [3.8, 4) is 0 Å². The first-order chi connectivity index (χ1) is 15.0. The third-order valence-corrected chi connectivity index (χ3v) is 6.03. The Morgan fingerprint density at radius 3 is 2.48 bits per heavy atom. The number of hydrogen-bond acceptors (Lipinski definition) is 5. The Morgan fingerprint density at radius 1 is 1.13 bits per heavy atom. The van der Waals surface area contributed by atoms with Gasteiger partial charge in [-0.1, -0.05) is 19.4 Å². The minimum Gasteiger partial charge on any atom is -0.447 e. The van der Waals surface area contributed by atoms with Crippen LogP contribution in [0, 0.1) is 13.8 Å². The average molecular weight is 423 g/mol. The van der Waals surface area contributed by atoms with E-state index >= 15 is 0 Å². The molecule has 3 heterocycles. The number of nitrogens with zero attached hydrogens (tertiary/aromatic N) is 4. The summed E-state index contributed by atoms with van der Waals surface area (Å²) < 4.78 is 5.22. The number of hydrogen-bond donors (Lipinski definition) is 0. The van der Waals surface area contributed by atoms with Crippen LogP contribution in [0.2, 0.25) is 0 Å². The van der Waals surface area contributed by atoms with Crippen LogP contribution in [0.1, 0.15) is 41.3 Å². The van der Waals surface area contributed by atoms with Gasteiger partial charge >= 0.3 is 6.09 Å². The number of benzene rings is 1. The third kappa shape index (κ3) is 4.36. The Kier molecular flexibility index (Phi) is 6.11. The molecule has 1 unspecified atom stereocenters. The van der Waals surface area contributed by atoms with Crippen LogP contribution in [-0.4, -0.2) is 60.7 Å². The van der Waals surface area contributed by atoms with Crippen LogP contribution < -0.4 is 9.80 Å². The highest BCUT2D eigenvalue weighted by molar-refractivity contribution is 5.96. The first-order valence-corrected chi connectivity index (χ1v) is 11.0. The van der Waals surface area contributed by atoms with Crippen molar-refractivity contribution in [1.82, 2.24) is 9.88 Å². The second-order valence-corrected chi connectivity index (χ2v) is 8.37. The molecular weight excluding hydrogens is 392 g/mol. The minimum atomic E-state index is -0.311. The SMILES string of the molecule is CCCC1COC(=O)N1c1ccc(C(=O)N2CCN(c3ncc(C)cc3C)CC2)cc1. The second-order valence-electron chi connectivity index (χ2n) is 8.37. The van der Waals surface area contributed by atoms with Crippen molar-refractivity contribution in [1.29, 1.82) is 0 Å². The van der Waals surface area contributed by atoms with Crippen molar-refractivity contribution in [3.05, 3.63) is 53.2 Å². The molecule has 2 fully saturated rings. The fourth-order valence-corrected chi connectivity index (χ4v) is 4.43. The molecule has 0 saturated carbocycles. The van der Waals surface area contributed by atoms with Gasteiger partial charge in [0.05, 0.1) is 6.04 Å². The Balaban J connectivity index is 1.39. The van der Waals surface area contributed by atoms with Gasteiger partial charge in [0, 0.05) is 43.6 Å². The number of cyclic esters (lactones) is 1. The molecule has 2 saturated heterocycles. The Morgan fingerprint density at radius 2 is 1.84 bits per heavy atom. The molecule has 0 bridgehead atoms. The van der Waals surface area contributed by atoms with Crippen LogP contribution in [-0.2, 0) is 4.74 Å². The van der Waals surface area contributed by atoms with Crippen LogP contribution in [0.5, 0.6) is 0 Å². The summed E-state index contributed by atoms with van der Waals surface area (Å²) in [5.74, 6) is 1.02. The average Bonchev–Trinajstić information content (AvgIpc) is 3.14. The standard InChI is InChI=1S/C24H30N4O3/c1-4-5-21-16-31-24(30)28(21)20-8-6-19(7-9-20)23(29)27-12-10-26(11-13-27)22-18(3)14-17(2)15-25-22/h6-9,14-15,21H,4-5,10-13,16H2,1-3H3. The van der Waals surface area contributed by atoms with Crippen molar-refractivity contribution < 1.29 is 14.3 Å². The fraction of sp³-hybridized carbons (Fsp3) is 0.458. The van der Waals surface area contributed by atoms with Gasteiger partial charge in [0.1, 0.15) is 12.4 Å². The van der Waals surface area contributed by atoms with E-state index in [4.69, 9.17) is 4.74 Å². The zero-order valence-corrected chi connectivity index (χ0v) is 18.5. The van der Waals surface area contributed by atoms with Crippen LogP contribution in [0.25, 0.3) is 0 Å². The predicted octanol–water partition coefficient (Wildman–Crippen LogP) is 3.79. The molecule has 0 aliphatic carbocycles. The highest BCUT2D eigenvalue weighted by atomic mass is 16.6. The van der Waals surface area contributed by atoms with Gasteiger partial charge in [0.15, 0.2) is 0 Å².